The van der Waals surface area contributed by atoms with Crippen molar-refractivity contribution in [3.8, 4) is 11.5 Å². The number of imidazole rings is 1. The molecule has 2 fully saturated rings. The lowest BCUT2D eigenvalue weighted by Crippen LogP contribution is -2.45. The number of pyridine rings is 2. The Morgan fingerprint density at radius 1 is 0.806 bits per heavy atom. The van der Waals surface area contributed by atoms with Gasteiger partial charge in [0.15, 0.2) is 11.5 Å². The Morgan fingerprint density at radius 3 is 2.31 bits per heavy atom. The average Bonchev–Trinajstić information content (AvgIpc) is 3.34. The number of benzene rings is 1. The first-order chi connectivity index (χ1) is 17.8. The van der Waals surface area contributed by atoms with Gasteiger partial charge in [-0.25, -0.2) is 9.97 Å². The third-order valence-corrected chi connectivity index (χ3v) is 7.67. The first-order valence-corrected chi connectivity index (χ1v) is 13.1. The van der Waals surface area contributed by atoms with Crippen molar-refractivity contribution >= 4 is 17.1 Å². The molecular formula is C29H32N6O. The Bertz CT molecular complexity index is 1310. The molecule has 5 heterocycles. The van der Waals surface area contributed by atoms with Gasteiger partial charge in [-0.3, -0.25) is 14.7 Å². The monoisotopic (exact) mass is 480 g/mol. The zero-order valence-corrected chi connectivity index (χ0v) is 20.5. The lowest BCUT2D eigenvalue weighted by molar-refractivity contribution is -0.138. The number of fused-ring (bicyclic) bond motifs is 1. The molecule has 0 saturated carbocycles. The van der Waals surface area contributed by atoms with E-state index in [9.17, 15) is 4.79 Å². The average molecular weight is 481 g/mol. The van der Waals surface area contributed by atoms with Gasteiger partial charge in [-0.15, -0.1) is 0 Å². The highest BCUT2D eigenvalue weighted by Crippen LogP contribution is 2.33. The third kappa shape index (κ3) is 4.63. The Labute approximate surface area is 211 Å². The van der Waals surface area contributed by atoms with Gasteiger partial charge in [-0.05, 0) is 68.6 Å². The number of amides is 1. The van der Waals surface area contributed by atoms with E-state index in [0.717, 1.165) is 81.1 Å². The summed E-state index contributed by atoms with van der Waals surface area (Å²) >= 11 is 0. The molecular weight excluding hydrogens is 448 g/mol. The van der Waals surface area contributed by atoms with Crippen LogP contribution in [0.2, 0.25) is 0 Å². The minimum atomic E-state index is 0.147. The van der Waals surface area contributed by atoms with Crippen molar-refractivity contribution in [1.29, 1.82) is 0 Å². The van der Waals surface area contributed by atoms with Crippen molar-refractivity contribution < 1.29 is 4.79 Å². The van der Waals surface area contributed by atoms with Crippen molar-refractivity contribution in [3.63, 3.8) is 0 Å². The summed E-state index contributed by atoms with van der Waals surface area (Å²) < 4.78 is 2.25. The van der Waals surface area contributed by atoms with Gasteiger partial charge in [0.2, 0.25) is 5.91 Å². The smallest absolute Gasteiger partial charge is 0.225 e. The molecule has 2 saturated heterocycles. The van der Waals surface area contributed by atoms with Crippen molar-refractivity contribution in [2.75, 3.05) is 26.2 Å². The number of piperidine rings is 2. The number of hydrogen-bond donors (Lipinski definition) is 0. The summed E-state index contributed by atoms with van der Waals surface area (Å²) in [6, 6.07) is 20.7. The molecule has 7 heteroatoms. The predicted molar refractivity (Wildman–Crippen MR) is 140 cm³/mol. The number of aromatic nitrogens is 4. The number of carbonyl (C=O) groups excluding carboxylic acids is 1. The maximum absolute atomic E-state index is 13.4. The van der Waals surface area contributed by atoms with E-state index in [0.29, 0.717) is 5.91 Å². The van der Waals surface area contributed by atoms with Crippen molar-refractivity contribution in [3.05, 3.63) is 78.6 Å². The molecule has 2 aliphatic rings. The first-order valence-electron chi connectivity index (χ1n) is 13.1. The third-order valence-electron chi connectivity index (χ3n) is 7.67. The molecule has 7 nitrogen and oxygen atoms in total. The van der Waals surface area contributed by atoms with Crippen LogP contribution in [0.1, 0.15) is 37.3 Å². The summed E-state index contributed by atoms with van der Waals surface area (Å²) in [7, 11) is 0. The van der Waals surface area contributed by atoms with Crippen LogP contribution in [-0.2, 0) is 11.3 Å². The van der Waals surface area contributed by atoms with Gasteiger partial charge in [0, 0.05) is 44.0 Å². The van der Waals surface area contributed by atoms with Crippen LogP contribution in [0, 0.1) is 5.92 Å². The van der Waals surface area contributed by atoms with E-state index < -0.39 is 0 Å². The summed E-state index contributed by atoms with van der Waals surface area (Å²) in [6.07, 6.45) is 7.34. The summed E-state index contributed by atoms with van der Waals surface area (Å²) in [5.74, 6) is 1.35. The minimum absolute atomic E-state index is 0.147. The largest absolute Gasteiger partial charge is 0.342 e. The van der Waals surface area contributed by atoms with E-state index >= 15 is 0 Å². The molecule has 36 heavy (non-hydrogen) atoms. The van der Waals surface area contributed by atoms with Crippen LogP contribution in [-0.4, -0.2) is 61.4 Å². The molecule has 1 aromatic carbocycles. The molecule has 0 unspecified atom stereocenters. The zero-order valence-electron chi connectivity index (χ0n) is 20.5. The fourth-order valence-corrected chi connectivity index (χ4v) is 5.73. The van der Waals surface area contributed by atoms with E-state index in [-0.39, 0.29) is 12.0 Å². The highest BCUT2D eigenvalue weighted by atomic mass is 16.2. The van der Waals surface area contributed by atoms with Gasteiger partial charge < -0.3 is 9.47 Å². The Kier molecular flexibility index (Phi) is 6.47. The SMILES string of the molecule is O=C(C1CCN(Cc2ccccc2)CC1)N1CCC(n2c(-c3ccccn3)nc3cccnc32)CC1. The fourth-order valence-electron chi connectivity index (χ4n) is 5.73. The fraction of sp³-hybridized carbons (Fsp3) is 0.379. The highest BCUT2D eigenvalue weighted by molar-refractivity contribution is 5.79. The van der Waals surface area contributed by atoms with Gasteiger partial charge in [-0.2, -0.15) is 0 Å². The molecule has 0 aliphatic carbocycles. The number of likely N-dealkylation sites (tertiary alicyclic amines) is 2. The molecule has 0 atom stereocenters. The normalized spacial score (nSPS) is 18.1. The second-order valence-corrected chi connectivity index (χ2v) is 9.96. The van der Waals surface area contributed by atoms with Gasteiger partial charge in [0.25, 0.3) is 0 Å². The number of nitrogens with zero attached hydrogens (tertiary/aromatic N) is 6. The molecule has 0 bridgehead atoms. The Morgan fingerprint density at radius 2 is 1.56 bits per heavy atom. The number of hydrogen-bond acceptors (Lipinski definition) is 5. The summed E-state index contributed by atoms with van der Waals surface area (Å²) in [5, 5.41) is 0. The highest BCUT2D eigenvalue weighted by Gasteiger charge is 2.32. The van der Waals surface area contributed by atoms with Crippen LogP contribution >= 0.6 is 0 Å². The zero-order chi connectivity index (χ0) is 24.3. The predicted octanol–water partition coefficient (Wildman–Crippen LogP) is 4.57. The molecule has 0 spiro atoms. The Balaban J connectivity index is 1.10. The maximum Gasteiger partial charge on any atom is 0.225 e. The molecule has 0 radical (unpaired) electrons. The van der Waals surface area contributed by atoms with Crippen LogP contribution in [0.4, 0.5) is 0 Å². The van der Waals surface area contributed by atoms with Gasteiger partial charge in [0.1, 0.15) is 11.2 Å². The standard InChI is InChI=1S/C29H32N6O/c36-29(23-11-17-33(18-12-23)21-22-7-2-1-3-8-22)34-19-13-24(14-20-34)35-27-26(10-6-16-31-27)32-28(35)25-9-4-5-15-30-25/h1-10,15-16,23-24H,11-14,17-21H2. The summed E-state index contributed by atoms with van der Waals surface area (Å²) in [4.78, 5) is 32.0. The van der Waals surface area contributed by atoms with E-state index in [2.05, 4.69) is 54.7 Å². The van der Waals surface area contributed by atoms with Crippen molar-refractivity contribution in [2.24, 2.45) is 5.92 Å². The van der Waals surface area contributed by atoms with Crippen LogP contribution in [0.15, 0.2) is 73.1 Å². The van der Waals surface area contributed by atoms with Crippen molar-refractivity contribution in [1.82, 2.24) is 29.3 Å². The van der Waals surface area contributed by atoms with E-state index in [1.807, 2.05) is 36.5 Å². The lowest BCUT2D eigenvalue weighted by Gasteiger charge is -2.38. The molecule has 3 aromatic heterocycles. The second kappa shape index (κ2) is 10.2. The first kappa shape index (κ1) is 22.9. The van der Waals surface area contributed by atoms with Crippen molar-refractivity contribution in [2.45, 2.75) is 38.3 Å². The molecule has 6 rings (SSSR count). The topological polar surface area (TPSA) is 67.2 Å². The Hall–Kier alpha value is -3.58. The van der Waals surface area contributed by atoms with Gasteiger partial charge in [0.05, 0.1) is 0 Å². The quantitative estimate of drug-likeness (QED) is 0.419. The minimum Gasteiger partial charge on any atom is -0.342 e. The lowest BCUT2D eigenvalue weighted by atomic mass is 9.93. The number of carbonyl (C=O) groups is 1. The molecule has 2 aliphatic heterocycles. The van der Waals surface area contributed by atoms with E-state index in [1.54, 1.807) is 6.20 Å². The van der Waals surface area contributed by atoms with Gasteiger partial charge in [-0.1, -0.05) is 36.4 Å². The summed E-state index contributed by atoms with van der Waals surface area (Å²) in [5.41, 5.74) is 3.99. The molecule has 184 valence electrons. The molecule has 4 aromatic rings. The summed E-state index contributed by atoms with van der Waals surface area (Å²) in [6.45, 7) is 4.51. The second-order valence-electron chi connectivity index (χ2n) is 9.96. The number of rotatable bonds is 5. The maximum atomic E-state index is 13.4. The molecule has 1 amide bonds. The van der Waals surface area contributed by atoms with E-state index in [1.165, 1.54) is 5.56 Å². The van der Waals surface area contributed by atoms with Gasteiger partial charge >= 0.3 is 0 Å². The van der Waals surface area contributed by atoms with Crippen LogP contribution < -0.4 is 0 Å². The van der Waals surface area contributed by atoms with E-state index in [4.69, 9.17) is 4.98 Å². The van der Waals surface area contributed by atoms with Crippen LogP contribution in [0.25, 0.3) is 22.7 Å². The molecule has 0 N–H and O–H groups in total. The van der Waals surface area contributed by atoms with Crippen LogP contribution in [0.5, 0.6) is 0 Å². The van der Waals surface area contributed by atoms with Crippen LogP contribution in [0.3, 0.4) is 0 Å².